The fourth-order valence-corrected chi connectivity index (χ4v) is 13.8. The summed E-state index contributed by atoms with van der Waals surface area (Å²) in [4.78, 5) is 14.0. The fourth-order valence-electron chi connectivity index (χ4n) is 6.47. The maximum absolute atomic E-state index is 14.0. The molecule has 0 saturated carbocycles. The predicted octanol–water partition coefficient (Wildman–Crippen LogP) is 8.92. The number of carbonyl (C=O) groups is 1. The Morgan fingerprint density at radius 1 is 0.654 bits per heavy atom. The van der Waals surface area contributed by atoms with Crippen molar-refractivity contribution >= 4 is 43.1 Å². The van der Waals surface area contributed by atoms with Gasteiger partial charge < -0.3 is 9.74 Å². The summed E-state index contributed by atoms with van der Waals surface area (Å²) >= 11 is 0. The number of hydrogen-bond donors (Lipinski definition) is 1. The third kappa shape index (κ3) is 8.85. The molecule has 0 fully saturated rings. The summed E-state index contributed by atoms with van der Waals surface area (Å²) in [5, 5.41) is 6.35. The van der Waals surface area contributed by atoms with E-state index >= 15 is 0 Å². The number of amides is 1. The van der Waals surface area contributed by atoms with Gasteiger partial charge in [0.2, 0.25) is 0 Å². The number of rotatable bonds is 11. The van der Waals surface area contributed by atoms with E-state index < -0.39 is 68.4 Å². The minimum absolute atomic E-state index is 0.0209. The van der Waals surface area contributed by atoms with Gasteiger partial charge in [-0.15, -0.1) is 0 Å². The Morgan fingerprint density at radius 3 is 1.40 bits per heavy atom. The van der Waals surface area contributed by atoms with E-state index in [-0.39, 0.29) is 6.07 Å². The molecule has 0 bridgehead atoms. The lowest BCUT2D eigenvalue weighted by Gasteiger charge is -2.46. The van der Waals surface area contributed by atoms with Crippen LogP contribution >= 0.6 is 7.92 Å². The largest absolute Gasteiger partial charge is 0.416 e. The standard InChI is InChI=1S/C41H40F6NO2PSi/c1-29(50-52(39(2,3)4,35-21-13-7-14-22-35)36-23-15-8-16-24-36)37(28-51(33-17-9-5-10-18-33)34-19-11-6-12-20-34)48-38(49)30-25-31(40(42,43)44)27-32(26-30)41(45,46)47/h5-27,29,37H,28H2,1-4H3,(H,48,49)/t29-,37-/m0/s1. The number of alkyl halides is 6. The van der Waals surface area contributed by atoms with Crippen LogP contribution in [-0.2, 0) is 16.8 Å². The van der Waals surface area contributed by atoms with Gasteiger partial charge in [0.25, 0.3) is 14.2 Å². The monoisotopic (exact) mass is 751 g/mol. The summed E-state index contributed by atoms with van der Waals surface area (Å²) in [6.45, 7) is 8.12. The van der Waals surface area contributed by atoms with Crippen LogP contribution < -0.4 is 26.3 Å². The lowest BCUT2D eigenvalue weighted by molar-refractivity contribution is -0.143. The summed E-state index contributed by atoms with van der Waals surface area (Å²) in [6, 6.07) is 39.1. The van der Waals surface area contributed by atoms with Crippen molar-refractivity contribution in [3.8, 4) is 0 Å². The Bertz CT molecular complexity index is 1810. The van der Waals surface area contributed by atoms with E-state index in [1.54, 1.807) is 0 Å². The highest BCUT2D eigenvalue weighted by Gasteiger charge is 2.52. The van der Waals surface area contributed by atoms with Gasteiger partial charge in [0.15, 0.2) is 0 Å². The molecule has 0 radical (unpaired) electrons. The van der Waals surface area contributed by atoms with Gasteiger partial charge in [-0.2, -0.15) is 26.3 Å². The normalized spacial score (nSPS) is 13.8. The first-order valence-electron chi connectivity index (χ1n) is 16.8. The molecule has 5 aromatic carbocycles. The van der Waals surface area contributed by atoms with Gasteiger partial charge in [-0.1, -0.05) is 142 Å². The van der Waals surface area contributed by atoms with E-state index in [9.17, 15) is 31.1 Å². The molecule has 0 spiro atoms. The maximum atomic E-state index is 14.0. The summed E-state index contributed by atoms with van der Waals surface area (Å²) in [6.07, 6.45) is -10.7. The quantitative estimate of drug-likeness (QED) is 0.0832. The third-order valence-electron chi connectivity index (χ3n) is 9.03. The molecule has 0 aromatic heterocycles. The van der Waals surface area contributed by atoms with Crippen molar-refractivity contribution in [1.29, 1.82) is 0 Å². The van der Waals surface area contributed by atoms with Crippen molar-refractivity contribution in [3.63, 3.8) is 0 Å². The lowest BCUT2D eigenvalue weighted by atomic mass is 10.0. The average Bonchev–Trinajstić information content (AvgIpc) is 3.12. The van der Waals surface area contributed by atoms with E-state index in [1.807, 2.05) is 128 Å². The van der Waals surface area contributed by atoms with Crippen LogP contribution in [0.5, 0.6) is 0 Å². The van der Waals surface area contributed by atoms with Gasteiger partial charge in [0.05, 0.1) is 23.3 Å². The zero-order valence-corrected chi connectivity index (χ0v) is 31.1. The number of carbonyl (C=O) groups excluding carboxylic acids is 1. The Hall–Kier alpha value is -4.24. The minimum Gasteiger partial charge on any atom is -0.403 e. The summed E-state index contributed by atoms with van der Waals surface area (Å²) in [5.41, 5.74) is -3.86. The van der Waals surface area contributed by atoms with E-state index in [4.69, 9.17) is 4.43 Å². The molecule has 0 unspecified atom stereocenters. The SMILES string of the molecule is C[C@H](O[Si](c1ccccc1)(c1ccccc1)C(C)(C)C)[C@H](CP(c1ccccc1)c1ccccc1)NC(=O)c1cc(C(F)(F)F)cc(C(F)(F)F)c1. The number of nitrogens with one attached hydrogen (secondary N) is 1. The van der Waals surface area contributed by atoms with Crippen molar-refractivity contribution in [2.24, 2.45) is 0 Å². The topological polar surface area (TPSA) is 38.3 Å². The number of hydrogen-bond acceptors (Lipinski definition) is 2. The second-order valence-corrected chi connectivity index (χ2v) is 20.1. The van der Waals surface area contributed by atoms with Gasteiger partial charge >= 0.3 is 12.4 Å². The maximum Gasteiger partial charge on any atom is 0.416 e. The fraction of sp³-hybridized carbons (Fsp3) is 0.244. The molecule has 52 heavy (non-hydrogen) atoms. The molecule has 11 heteroatoms. The second kappa shape index (κ2) is 15.8. The van der Waals surface area contributed by atoms with Gasteiger partial charge in [-0.25, -0.2) is 0 Å². The van der Waals surface area contributed by atoms with Crippen LogP contribution in [-0.4, -0.2) is 32.5 Å². The van der Waals surface area contributed by atoms with Crippen LogP contribution in [0.15, 0.2) is 140 Å². The first-order valence-corrected chi connectivity index (χ1v) is 20.2. The van der Waals surface area contributed by atoms with Crippen molar-refractivity contribution in [2.75, 3.05) is 6.16 Å². The van der Waals surface area contributed by atoms with Crippen LogP contribution in [0, 0.1) is 0 Å². The smallest absolute Gasteiger partial charge is 0.403 e. The summed E-state index contributed by atoms with van der Waals surface area (Å²) in [5.74, 6) is -1.06. The van der Waals surface area contributed by atoms with E-state index in [0.29, 0.717) is 18.3 Å². The summed E-state index contributed by atoms with van der Waals surface area (Å²) < 4.78 is 90.5. The minimum atomic E-state index is -5.11. The third-order valence-corrected chi connectivity index (χ3v) is 16.8. The molecule has 1 N–H and O–H groups in total. The molecule has 0 aliphatic rings. The molecule has 2 atom stereocenters. The Morgan fingerprint density at radius 2 is 1.04 bits per heavy atom. The van der Waals surface area contributed by atoms with E-state index in [1.165, 1.54) is 0 Å². The van der Waals surface area contributed by atoms with E-state index in [0.717, 1.165) is 21.0 Å². The Labute approximate surface area is 302 Å². The van der Waals surface area contributed by atoms with Gasteiger partial charge in [-0.05, 0) is 65.2 Å². The molecule has 0 heterocycles. The van der Waals surface area contributed by atoms with Crippen LogP contribution in [0.25, 0.3) is 0 Å². The number of benzene rings is 5. The molecular weight excluding hydrogens is 712 g/mol. The first-order chi connectivity index (χ1) is 24.5. The van der Waals surface area contributed by atoms with E-state index in [2.05, 4.69) is 26.1 Å². The van der Waals surface area contributed by atoms with Crippen LogP contribution in [0.3, 0.4) is 0 Å². The predicted molar refractivity (Wildman–Crippen MR) is 200 cm³/mol. The second-order valence-electron chi connectivity index (χ2n) is 13.6. The highest BCUT2D eigenvalue weighted by Crippen LogP contribution is 2.41. The lowest BCUT2D eigenvalue weighted by Crippen LogP contribution is -2.69. The van der Waals surface area contributed by atoms with Crippen LogP contribution in [0.1, 0.15) is 49.2 Å². The zero-order valence-electron chi connectivity index (χ0n) is 29.2. The highest BCUT2D eigenvalue weighted by atomic mass is 31.1. The summed E-state index contributed by atoms with van der Waals surface area (Å²) in [7, 11) is -4.41. The van der Waals surface area contributed by atoms with Crippen LogP contribution in [0.2, 0.25) is 5.04 Å². The van der Waals surface area contributed by atoms with Crippen molar-refractivity contribution in [3.05, 3.63) is 156 Å². The molecule has 0 aliphatic carbocycles. The molecule has 0 aliphatic heterocycles. The first kappa shape index (κ1) is 39.0. The molecule has 0 saturated heterocycles. The molecule has 5 rings (SSSR count). The highest BCUT2D eigenvalue weighted by molar-refractivity contribution is 7.73. The molecule has 1 amide bonds. The molecule has 3 nitrogen and oxygen atoms in total. The van der Waals surface area contributed by atoms with Crippen LogP contribution in [0.4, 0.5) is 26.3 Å². The Balaban J connectivity index is 1.65. The molecular formula is C41H40F6NO2PSi. The van der Waals surface area contributed by atoms with Gasteiger partial charge in [-0.3, -0.25) is 4.79 Å². The van der Waals surface area contributed by atoms with Gasteiger partial charge in [0, 0.05) is 5.56 Å². The average molecular weight is 752 g/mol. The van der Waals surface area contributed by atoms with Crippen molar-refractivity contribution in [2.45, 2.75) is 57.2 Å². The van der Waals surface area contributed by atoms with Gasteiger partial charge in [0.1, 0.15) is 0 Å². The van der Waals surface area contributed by atoms with Crippen molar-refractivity contribution in [1.82, 2.24) is 5.32 Å². The Kier molecular flexibility index (Phi) is 11.8. The molecule has 5 aromatic rings. The molecule has 272 valence electrons. The zero-order chi connectivity index (χ0) is 37.7. The van der Waals surface area contributed by atoms with Crippen molar-refractivity contribution < 1.29 is 35.6 Å². The number of halogens is 6.